The third-order valence-corrected chi connectivity index (χ3v) is 4.45. The fraction of sp³-hybridized carbons (Fsp3) is 0.250. The Bertz CT molecular complexity index is 690. The number of sulfonamides is 2. The highest BCUT2D eigenvalue weighted by Gasteiger charge is 2.22. The van der Waals surface area contributed by atoms with Crippen LogP contribution in [0.5, 0.6) is 0 Å². The predicted octanol–water partition coefficient (Wildman–Crippen LogP) is -0.372. The number of hydrogen-bond donors (Lipinski definition) is 3. The Morgan fingerprint density at radius 3 is 2.37 bits per heavy atom. The molecule has 5 N–H and O–H groups in total. The van der Waals surface area contributed by atoms with Gasteiger partial charge < -0.3 is 5.73 Å². The highest BCUT2D eigenvalue weighted by molar-refractivity contribution is 7.90. The van der Waals surface area contributed by atoms with Gasteiger partial charge in [-0.05, 0) is 12.1 Å². The molecule has 0 aliphatic rings. The van der Waals surface area contributed by atoms with Crippen molar-refractivity contribution < 1.29 is 21.2 Å². The molecule has 1 rings (SSSR count). The summed E-state index contributed by atoms with van der Waals surface area (Å²) in [6.07, 6.45) is 0. The van der Waals surface area contributed by atoms with E-state index in [2.05, 4.69) is 0 Å². The molecule has 19 heavy (non-hydrogen) atoms. The Balaban J connectivity index is 3.02. The van der Waals surface area contributed by atoms with Gasteiger partial charge in [-0.15, -0.1) is 0 Å². The van der Waals surface area contributed by atoms with Gasteiger partial charge in [0.15, 0.2) is 5.82 Å². The summed E-state index contributed by atoms with van der Waals surface area (Å²) in [5.74, 6) is -1.78. The molecule has 0 atom stereocenters. The van der Waals surface area contributed by atoms with E-state index in [1.807, 2.05) is 4.72 Å². The molecule has 108 valence electrons. The van der Waals surface area contributed by atoms with Crippen molar-refractivity contribution in [1.82, 2.24) is 4.72 Å². The topological polar surface area (TPSA) is 132 Å². The SMILES string of the molecule is Nc1cc(Cl)cc(S(=O)(=O)NCCS(N)(=O)=O)c1F. The lowest BCUT2D eigenvalue weighted by molar-refractivity contribution is 0.560. The average molecular weight is 332 g/mol. The van der Waals surface area contributed by atoms with Gasteiger partial charge in [-0.3, -0.25) is 0 Å². The van der Waals surface area contributed by atoms with Crippen LogP contribution in [-0.4, -0.2) is 29.1 Å². The lowest BCUT2D eigenvalue weighted by atomic mass is 10.3. The van der Waals surface area contributed by atoms with Crippen LogP contribution >= 0.6 is 11.6 Å². The molecule has 0 radical (unpaired) electrons. The number of nitrogens with two attached hydrogens (primary N) is 2. The van der Waals surface area contributed by atoms with Gasteiger partial charge in [0.1, 0.15) is 4.90 Å². The fourth-order valence-corrected chi connectivity index (χ4v) is 3.15. The van der Waals surface area contributed by atoms with Crippen molar-refractivity contribution in [2.24, 2.45) is 5.14 Å². The Kier molecular flexibility index (Phi) is 4.74. The zero-order chi connectivity index (χ0) is 14.8. The van der Waals surface area contributed by atoms with Crippen LogP contribution in [0.4, 0.5) is 10.1 Å². The van der Waals surface area contributed by atoms with E-state index >= 15 is 0 Å². The Labute approximate surface area is 114 Å². The molecule has 0 aliphatic heterocycles. The summed E-state index contributed by atoms with van der Waals surface area (Å²) in [7, 11) is -8.09. The minimum absolute atomic E-state index is 0.0641. The van der Waals surface area contributed by atoms with Crippen molar-refractivity contribution in [3.05, 3.63) is 23.0 Å². The maximum absolute atomic E-state index is 13.6. The van der Waals surface area contributed by atoms with Gasteiger partial charge in [0, 0.05) is 11.6 Å². The maximum Gasteiger partial charge on any atom is 0.243 e. The number of rotatable bonds is 5. The monoisotopic (exact) mass is 331 g/mol. The molecule has 1 aromatic rings. The highest BCUT2D eigenvalue weighted by Crippen LogP contribution is 2.24. The van der Waals surface area contributed by atoms with E-state index in [1.54, 1.807) is 0 Å². The predicted molar refractivity (Wildman–Crippen MR) is 69.0 cm³/mol. The molecule has 0 spiro atoms. The number of nitrogens with one attached hydrogen (secondary N) is 1. The maximum atomic E-state index is 13.6. The van der Waals surface area contributed by atoms with E-state index in [4.69, 9.17) is 22.5 Å². The van der Waals surface area contributed by atoms with Gasteiger partial charge in [-0.2, -0.15) is 0 Å². The van der Waals surface area contributed by atoms with Crippen molar-refractivity contribution in [2.45, 2.75) is 4.90 Å². The molecule has 0 saturated heterocycles. The van der Waals surface area contributed by atoms with Gasteiger partial charge in [0.05, 0.1) is 11.4 Å². The number of benzene rings is 1. The summed E-state index contributed by atoms with van der Waals surface area (Å²) in [6, 6.07) is 1.92. The molecule has 7 nitrogen and oxygen atoms in total. The molecule has 0 aromatic heterocycles. The molecule has 0 aliphatic carbocycles. The number of primary sulfonamides is 1. The fourth-order valence-electron chi connectivity index (χ4n) is 1.18. The Morgan fingerprint density at radius 2 is 1.84 bits per heavy atom. The minimum atomic E-state index is -4.27. The van der Waals surface area contributed by atoms with E-state index in [0.717, 1.165) is 12.1 Å². The quantitative estimate of drug-likeness (QED) is 0.633. The molecule has 0 amide bonds. The lowest BCUT2D eigenvalue weighted by Crippen LogP contribution is -2.32. The minimum Gasteiger partial charge on any atom is -0.396 e. The Morgan fingerprint density at radius 1 is 1.26 bits per heavy atom. The summed E-state index contributed by atoms with van der Waals surface area (Å²) < 4.78 is 60.3. The van der Waals surface area contributed by atoms with Gasteiger partial charge in [-0.25, -0.2) is 31.1 Å². The van der Waals surface area contributed by atoms with Crippen LogP contribution in [0.15, 0.2) is 17.0 Å². The van der Waals surface area contributed by atoms with Gasteiger partial charge in [-0.1, -0.05) is 11.6 Å². The molecular formula is C8H11ClFN3O4S2. The average Bonchev–Trinajstić information content (AvgIpc) is 2.20. The van der Waals surface area contributed by atoms with Crippen LogP contribution in [0.25, 0.3) is 0 Å². The van der Waals surface area contributed by atoms with Crippen LogP contribution in [0.1, 0.15) is 0 Å². The van der Waals surface area contributed by atoms with E-state index in [9.17, 15) is 21.2 Å². The third-order valence-electron chi connectivity index (χ3n) is 2.00. The number of hydrogen-bond acceptors (Lipinski definition) is 5. The summed E-state index contributed by atoms with van der Waals surface area (Å²) in [5.41, 5.74) is 4.82. The molecular weight excluding hydrogens is 321 g/mol. The summed E-state index contributed by atoms with van der Waals surface area (Å²) >= 11 is 5.58. The summed E-state index contributed by atoms with van der Waals surface area (Å²) in [4.78, 5) is -0.757. The van der Waals surface area contributed by atoms with Gasteiger partial charge in [0.2, 0.25) is 20.0 Å². The van der Waals surface area contributed by atoms with E-state index in [-0.39, 0.29) is 5.02 Å². The van der Waals surface area contributed by atoms with Crippen LogP contribution in [0.3, 0.4) is 0 Å². The molecule has 1 aromatic carbocycles. The Hall–Kier alpha value is -0.940. The van der Waals surface area contributed by atoms with E-state index in [0.29, 0.717) is 0 Å². The van der Waals surface area contributed by atoms with E-state index < -0.39 is 48.7 Å². The van der Waals surface area contributed by atoms with Crippen molar-refractivity contribution >= 4 is 37.3 Å². The first-order valence-electron chi connectivity index (χ1n) is 4.77. The van der Waals surface area contributed by atoms with Gasteiger partial charge in [0.25, 0.3) is 0 Å². The third kappa shape index (κ3) is 4.58. The van der Waals surface area contributed by atoms with Crippen molar-refractivity contribution in [2.75, 3.05) is 18.0 Å². The molecule has 0 bridgehead atoms. The van der Waals surface area contributed by atoms with Crippen LogP contribution in [-0.2, 0) is 20.0 Å². The first kappa shape index (κ1) is 16.1. The second-order valence-corrected chi connectivity index (χ2v) is 7.48. The summed E-state index contributed by atoms with van der Waals surface area (Å²) in [6.45, 7) is -0.493. The van der Waals surface area contributed by atoms with Crippen molar-refractivity contribution in [1.29, 1.82) is 0 Å². The number of nitrogen functional groups attached to an aromatic ring is 1. The van der Waals surface area contributed by atoms with Gasteiger partial charge >= 0.3 is 0 Å². The van der Waals surface area contributed by atoms with Crippen molar-refractivity contribution in [3.8, 4) is 0 Å². The second-order valence-electron chi connectivity index (χ2n) is 3.57. The molecule has 0 fully saturated rings. The van der Waals surface area contributed by atoms with Crippen molar-refractivity contribution in [3.63, 3.8) is 0 Å². The number of halogens is 2. The standard InChI is InChI=1S/C8H11ClFN3O4S2/c9-5-3-6(11)8(10)7(4-5)19(16,17)13-1-2-18(12,14)15/h3-4,13H,1-2,11H2,(H2,12,14,15). The van der Waals surface area contributed by atoms with Crippen LogP contribution in [0, 0.1) is 5.82 Å². The largest absolute Gasteiger partial charge is 0.396 e. The summed E-state index contributed by atoms with van der Waals surface area (Å²) in [5, 5.41) is 4.64. The smallest absolute Gasteiger partial charge is 0.243 e. The highest BCUT2D eigenvalue weighted by atomic mass is 35.5. The first-order valence-corrected chi connectivity index (χ1v) is 8.35. The normalized spacial score (nSPS) is 12.6. The molecule has 0 heterocycles. The number of anilines is 1. The molecule has 11 heteroatoms. The molecule has 0 unspecified atom stereocenters. The first-order chi connectivity index (χ1) is 8.53. The lowest BCUT2D eigenvalue weighted by Gasteiger charge is -2.09. The zero-order valence-corrected chi connectivity index (χ0v) is 11.8. The second kappa shape index (κ2) is 5.59. The molecule has 0 saturated carbocycles. The zero-order valence-electron chi connectivity index (χ0n) is 9.43. The van der Waals surface area contributed by atoms with E-state index in [1.165, 1.54) is 0 Å². The van der Waals surface area contributed by atoms with Crippen LogP contribution in [0.2, 0.25) is 5.02 Å². The van der Waals surface area contributed by atoms with Crippen LogP contribution < -0.4 is 15.6 Å².